The van der Waals surface area contributed by atoms with Crippen LogP contribution in [0.25, 0.3) is 0 Å². The van der Waals surface area contributed by atoms with Gasteiger partial charge < -0.3 is 53.2 Å². The third kappa shape index (κ3) is 9.53. The molecule has 6 aliphatic rings. The van der Waals surface area contributed by atoms with Crippen LogP contribution in [0.5, 0.6) is 0 Å². The Kier molecular flexibility index (Phi) is 15.5. The van der Waals surface area contributed by atoms with Gasteiger partial charge >= 0.3 is 5.97 Å². The van der Waals surface area contributed by atoms with E-state index in [0.717, 1.165) is 12.5 Å². The highest BCUT2D eigenvalue weighted by atomic mass is 19.2. The first-order valence-electron chi connectivity index (χ1n) is 22.9. The molecule has 62 heavy (non-hydrogen) atoms. The lowest BCUT2D eigenvalue weighted by atomic mass is 9.62. The number of likely N-dealkylation sites (N-methyl/N-ethyl adjacent to an activating group) is 1. The molecule has 348 valence electrons. The van der Waals surface area contributed by atoms with E-state index in [1.165, 1.54) is 12.1 Å². The van der Waals surface area contributed by atoms with Gasteiger partial charge in [0.25, 0.3) is 0 Å². The monoisotopic (exact) mass is 876 g/mol. The lowest BCUT2D eigenvalue weighted by Crippen LogP contribution is -2.59. The van der Waals surface area contributed by atoms with Crippen molar-refractivity contribution in [2.24, 2.45) is 35.5 Å². The maximum Gasteiger partial charge on any atom is 0.306 e. The SMILES string of the molecule is CC[C@H]1CCC[C@H](O[C@H]2CC[C@H](N(C)C)C(C)O2)[C@@H](C)C(=O)C2=C[C@H]3[C@@H]4C[C@H](O[C@@H]5OC(C)[C@H](OC)C(OC)[C@@H]5OC)C[C@H]4[C@H](Nc4cccc(F)c4F)[C@@H](O)[C@H]3[C@@H]2CC(=O)O1. The number of anilines is 1. The number of methoxy groups -OCH3 is 3. The summed E-state index contributed by atoms with van der Waals surface area (Å²) >= 11 is 0. The van der Waals surface area contributed by atoms with Crippen LogP contribution in [0, 0.1) is 47.1 Å². The van der Waals surface area contributed by atoms with E-state index < -0.39 is 90.6 Å². The number of halogens is 2. The van der Waals surface area contributed by atoms with Crippen LogP contribution >= 0.6 is 0 Å². The molecule has 2 saturated carbocycles. The topological polar surface area (TPSA) is 143 Å². The molecular weight excluding hydrogens is 807 g/mol. The normalized spacial score (nSPS) is 42.9. The van der Waals surface area contributed by atoms with Gasteiger partial charge in [-0.2, -0.15) is 0 Å². The van der Waals surface area contributed by atoms with E-state index in [-0.39, 0.29) is 60.0 Å². The van der Waals surface area contributed by atoms with Gasteiger partial charge in [0.2, 0.25) is 0 Å². The van der Waals surface area contributed by atoms with Gasteiger partial charge in [-0.25, -0.2) is 8.78 Å². The number of Topliss-reactive ketones (excluding diaryl/α,β-unsaturated/α-hetero) is 1. The Morgan fingerprint density at radius 2 is 1.61 bits per heavy atom. The Morgan fingerprint density at radius 1 is 0.887 bits per heavy atom. The van der Waals surface area contributed by atoms with Crippen LogP contribution in [-0.4, -0.2) is 137 Å². The molecule has 7 rings (SSSR count). The van der Waals surface area contributed by atoms with Crippen LogP contribution in [-0.2, 0) is 47.5 Å². The van der Waals surface area contributed by atoms with Crippen molar-refractivity contribution in [3.05, 3.63) is 41.5 Å². The number of allylic oxidation sites excluding steroid dienone is 2. The Morgan fingerprint density at radius 3 is 2.29 bits per heavy atom. The third-order valence-electron chi connectivity index (χ3n) is 15.2. The number of hydrogen-bond acceptors (Lipinski definition) is 13. The highest BCUT2D eigenvalue weighted by molar-refractivity contribution is 5.99. The number of fused-ring (bicyclic) bond motifs is 5. The summed E-state index contributed by atoms with van der Waals surface area (Å²) < 4.78 is 79.8. The van der Waals surface area contributed by atoms with Crippen molar-refractivity contribution < 1.29 is 61.4 Å². The van der Waals surface area contributed by atoms with Gasteiger partial charge in [-0.05, 0) is 115 Å². The van der Waals surface area contributed by atoms with Crippen molar-refractivity contribution in [1.29, 1.82) is 0 Å². The summed E-state index contributed by atoms with van der Waals surface area (Å²) in [5, 5.41) is 15.8. The number of aliphatic hydroxyl groups excluding tert-OH is 1. The number of nitrogens with one attached hydrogen (secondary N) is 1. The van der Waals surface area contributed by atoms with Gasteiger partial charge in [0, 0.05) is 45.1 Å². The van der Waals surface area contributed by atoms with Crippen LogP contribution in [0.15, 0.2) is 29.8 Å². The molecule has 1 aromatic rings. The Balaban J connectivity index is 1.22. The van der Waals surface area contributed by atoms with Crippen molar-refractivity contribution >= 4 is 17.4 Å². The maximum absolute atomic E-state index is 15.4. The fraction of sp³-hybridized carbons (Fsp3) is 0.787. The number of cyclic esters (lactones) is 1. The molecule has 5 fully saturated rings. The minimum Gasteiger partial charge on any atom is -0.462 e. The standard InChI is InChI=1S/C47H70F2N2O11/c1-10-26-13-11-16-36(62-38-18-17-35(51(5)6)24(3)58-38)23(2)42(53)32-21-29-28-19-27(61-47-46(57-9)45(56-8)44(55-7)25(4)59-47)20-31(28)41(50-34-15-12-14-33(48)40(34)49)43(54)39(29)30(32)22-37(52)60-26/h12,14-15,21,23-31,35-36,38-39,41,43-47,50,54H,10-11,13,16-20,22H2,1-9H3/t23-,24?,25?,26+,27+,28+,29+,30-,31-,35+,36+,38+,39-,41+,43+,44+,45?,46+,47+/m1/s1. The van der Waals surface area contributed by atoms with E-state index in [1.807, 2.05) is 40.9 Å². The Bertz CT molecular complexity index is 1740. The van der Waals surface area contributed by atoms with Crippen LogP contribution < -0.4 is 5.32 Å². The Labute approximate surface area is 365 Å². The number of carbonyl (C=O) groups is 2. The van der Waals surface area contributed by atoms with Crippen LogP contribution in [0.4, 0.5) is 14.5 Å². The van der Waals surface area contributed by atoms with Crippen molar-refractivity contribution in [2.45, 2.75) is 165 Å². The molecule has 3 heterocycles. The predicted octanol–water partition coefficient (Wildman–Crippen LogP) is 6.05. The molecule has 1 aromatic carbocycles. The van der Waals surface area contributed by atoms with Crippen molar-refractivity contribution in [2.75, 3.05) is 40.7 Å². The number of ketones is 1. The van der Waals surface area contributed by atoms with Crippen LogP contribution in [0.2, 0.25) is 0 Å². The number of aliphatic hydroxyl groups is 1. The number of ether oxygens (including phenoxy) is 8. The molecule has 0 radical (unpaired) electrons. The molecule has 3 unspecified atom stereocenters. The van der Waals surface area contributed by atoms with E-state index in [9.17, 15) is 14.3 Å². The van der Waals surface area contributed by atoms with Crippen molar-refractivity contribution in [3.8, 4) is 0 Å². The molecular formula is C47H70F2N2O11. The van der Waals surface area contributed by atoms with Crippen molar-refractivity contribution in [3.63, 3.8) is 0 Å². The zero-order valence-corrected chi connectivity index (χ0v) is 37.9. The lowest BCUT2D eigenvalue weighted by Gasteiger charge is -2.47. The fourth-order valence-electron chi connectivity index (χ4n) is 12.0. The second-order valence-electron chi connectivity index (χ2n) is 18.9. The summed E-state index contributed by atoms with van der Waals surface area (Å²) in [6, 6.07) is 3.39. The third-order valence-corrected chi connectivity index (χ3v) is 15.2. The highest BCUT2D eigenvalue weighted by Crippen LogP contribution is 2.57. The van der Waals surface area contributed by atoms with Gasteiger partial charge in [-0.3, -0.25) is 9.59 Å². The molecule has 0 aromatic heterocycles. The zero-order valence-electron chi connectivity index (χ0n) is 37.9. The van der Waals surface area contributed by atoms with Crippen LogP contribution in [0.3, 0.4) is 0 Å². The molecule has 0 amide bonds. The summed E-state index contributed by atoms with van der Waals surface area (Å²) in [6.45, 7) is 7.84. The lowest BCUT2D eigenvalue weighted by molar-refractivity contribution is -0.314. The first kappa shape index (κ1) is 47.4. The number of esters is 1. The predicted molar refractivity (Wildman–Crippen MR) is 225 cm³/mol. The van der Waals surface area contributed by atoms with E-state index in [1.54, 1.807) is 21.3 Å². The molecule has 3 aliphatic carbocycles. The average molecular weight is 877 g/mol. The highest BCUT2D eigenvalue weighted by Gasteiger charge is 2.60. The van der Waals surface area contributed by atoms with Gasteiger partial charge in [0.15, 0.2) is 30.0 Å². The number of benzene rings is 1. The van der Waals surface area contributed by atoms with Crippen molar-refractivity contribution in [1.82, 2.24) is 4.90 Å². The van der Waals surface area contributed by atoms with E-state index in [4.69, 9.17) is 37.9 Å². The van der Waals surface area contributed by atoms with Gasteiger partial charge in [-0.1, -0.05) is 26.0 Å². The zero-order chi connectivity index (χ0) is 44.6. The number of nitrogens with zero attached hydrogens (tertiary/aromatic N) is 1. The largest absolute Gasteiger partial charge is 0.462 e. The first-order valence-corrected chi connectivity index (χ1v) is 22.9. The van der Waals surface area contributed by atoms with Gasteiger partial charge in [0.1, 0.15) is 24.4 Å². The summed E-state index contributed by atoms with van der Waals surface area (Å²) in [6.07, 6.45) is 1.40. The van der Waals surface area contributed by atoms with Gasteiger partial charge in [0.05, 0.1) is 48.7 Å². The molecule has 3 saturated heterocycles. The summed E-state index contributed by atoms with van der Waals surface area (Å²) in [4.78, 5) is 31.1. The van der Waals surface area contributed by atoms with Crippen LogP contribution in [0.1, 0.15) is 85.5 Å². The second kappa shape index (κ2) is 20.3. The van der Waals surface area contributed by atoms with Gasteiger partial charge in [-0.15, -0.1) is 0 Å². The summed E-state index contributed by atoms with van der Waals surface area (Å²) in [5.41, 5.74) is 0.401. The first-order chi connectivity index (χ1) is 29.7. The molecule has 3 aliphatic heterocycles. The van der Waals surface area contributed by atoms with E-state index >= 15 is 9.18 Å². The molecule has 15 heteroatoms. The second-order valence-corrected chi connectivity index (χ2v) is 18.9. The molecule has 13 nitrogen and oxygen atoms in total. The summed E-state index contributed by atoms with van der Waals surface area (Å²) in [5.74, 6) is -5.34. The number of carbonyl (C=O) groups excluding carboxylic acids is 2. The molecule has 2 N–H and O–H groups in total. The quantitative estimate of drug-likeness (QED) is 0.250. The summed E-state index contributed by atoms with van der Waals surface area (Å²) in [7, 11) is 8.85. The number of rotatable bonds is 11. The minimum absolute atomic E-state index is 0.0527. The smallest absolute Gasteiger partial charge is 0.306 e. The molecule has 0 bridgehead atoms. The Hall–Kier alpha value is -2.60. The minimum atomic E-state index is -1.17. The number of hydrogen-bond donors (Lipinski definition) is 2. The fourth-order valence-corrected chi connectivity index (χ4v) is 12.0. The average Bonchev–Trinajstić information content (AvgIpc) is 3.83. The molecule has 19 atom stereocenters. The molecule has 0 spiro atoms. The maximum atomic E-state index is 15.4. The van der Waals surface area contributed by atoms with E-state index in [2.05, 4.69) is 17.1 Å². The van der Waals surface area contributed by atoms with E-state index in [0.29, 0.717) is 50.5 Å².